The minimum Gasteiger partial charge on any atom is -0.438 e. The molecule has 4 aromatic rings. The highest BCUT2D eigenvalue weighted by molar-refractivity contribution is 6.62. The van der Waals surface area contributed by atoms with Gasteiger partial charge in [-0.1, -0.05) is 24.3 Å². The molecule has 140 valence electrons. The second-order valence-electron chi connectivity index (χ2n) is 8.24. The molecule has 4 heterocycles. The van der Waals surface area contributed by atoms with Gasteiger partial charge >= 0.3 is 7.12 Å². The highest BCUT2D eigenvalue weighted by Gasteiger charge is 2.51. The molecule has 0 atom stereocenters. The lowest BCUT2D eigenvalue weighted by Crippen LogP contribution is -2.41. The van der Waals surface area contributed by atoms with E-state index in [9.17, 15) is 0 Å². The van der Waals surface area contributed by atoms with Crippen LogP contribution in [-0.2, 0) is 9.31 Å². The minimum atomic E-state index is -0.412. The molecule has 0 bridgehead atoms. The fourth-order valence-electron chi connectivity index (χ4n) is 3.44. The van der Waals surface area contributed by atoms with Crippen molar-refractivity contribution < 1.29 is 13.7 Å². The van der Waals surface area contributed by atoms with Crippen LogP contribution in [-0.4, -0.2) is 28.3 Å². The van der Waals surface area contributed by atoms with Gasteiger partial charge in [0.05, 0.1) is 16.9 Å². The van der Waals surface area contributed by atoms with Gasteiger partial charge in [-0.2, -0.15) is 0 Å². The molecule has 28 heavy (non-hydrogen) atoms. The summed E-state index contributed by atoms with van der Waals surface area (Å²) in [5, 5.41) is 2.05. The second-order valence-corrected chi connectivity index (χ2v) is 8.24. The number of benzene rings is 1. The van der Waals surface area contributed by atoms with Gasteiger partial charge in [0.1, 0.15) is 5.58 Å². The largest absolute Gasteiger partial charge is 0.496 e. The minimum absolute atomic E-state index is 0.367. The zero-order valence-electron chi connectivity index (χ0n) is 16.4. The summed E-state index contributed by atoms with van der Waals surface area (Å²) in [6.07, 6.45) is 3.61. The number of fused-ring (bicyclic) bond motifs is 3. The van der Waals surface area contributed by atoms with Gasteiger partial charge in [0, 0.05) is 34.2 Å². The smallest absolute Gasteiger partial charge is 0.438 e. The Balaban J connectivity index is 1.48. The second kappa shape index (κ2) is 5.90. The first-order chi connectivity index (χ1) is 13.3. The van der Waals surface area contributed by atoms with Crippen LogP contribution >= 0.6 is 0 Å². The molecule has 0 spiro atoms. The van der Waals surface area contributed by atoms with Gasteiger partial charge in [0.2, 0.25) is 5.71 Å². The van der Waals surface area contributed by atoms with Crippen molar-refractivity contribution in [1.82, 2.24) is 9.97 Å². The number of pyridine rings is 2. The molecule has 0 aliphatic carbocycles. The first-order valence-electron chi connectivity index (χ1n) is 9.43. The molecule has 5 nitrogen and oxygen atoms in total. The van der Waals surface area contributed by atoms with Crippen LogP contribution in [0.3, 0.4) is 0 Å². The molecule has 1 aliphatic rings. The maximum Gasteiger partial charge on any atom is 0.496 e. The lowest BCUT2D eigenvalue weighted by molar-refractivity contribution is 0.00578. The summed E-state index contributed by atoms with van der Waals surface area (Å²) in [6, 6.07) is 14.0. The molecule has 6 heteroatoms. The predicted octanol–water partition coefficient (Wildman–Crippen LogP) is 4.34. The van der Waals surface area contributed by atoms with E-state index in [1.54, 1.807) is 6.20 Å². The van der Waals surface area contributed by atoms with E-state index in [0.29, 0.717) is 5.71 Å². The Hall–Kier alpha value is -2.70. The lowest BCUT2D eigenvalue weighted by atomic mass is 9.80. The fraction of sp³-hybridized carbons (Fsp3) is 0.273. The average Bonchev–Trinajstić information content (AvgIpc) is 3.15. The maximum atomic E-state index is 6.10. The Morgan fingerprint density at radius 2 is 1.57 bits per heavy atom. The molecule has 1 fully saturated rings. The van der Waals surface area contributed by atoms with Crippen LogP contribution in [0.15, 0.2) is 59.3 Å². The van der Waals surface area contributed by atoms with Crippen LogP contribution in [0, 0.1) is 0 Å². The number of hydrogen-bond acceptors (Lipinski definition) is 5. The van der Waals surface area contributed by atoms with E-state index in [0.717, 1.165) is 33.1 Å². The van der Waals surface area contributed by atoms with Crippen LogP contribution in [0.1, 0.15) is 27.7 Å². The number of aromatic nitrogens is 2. The van der Waals surface area contributed by atoms with Gasteiger partial charge in [-0.25, -0.2) is 4.98 Å². The number of furan rings is 1. The summed E-state index contributed by atoms with van der Waals surface area (Å²) < 4.78 is 18.0. The van der Waals surface area contributed by atoms with Crippen molar-refractivity contribution in [3.63, 3.8) is 0 Å². The number of nitrogens with zero attached hydrogens (tertiary/aromatic N) is 2. The monoisotopic (exact) mass is 372 g/mol. The van der Waals surface area contributed by atoms with Crippen molar-refractivity contribution in [3.8, 4) is 11.3 Å². The zero-order chi connectivity index (χ0) is 19.5. The Morgan fingerprint density at radius 1 is 0.821 bits per heavy atom. The van der Waals surface area contributed by atoms with Gasteiger partial charge in [-0.05, 0) is 45.9 Å². The van der Waals surface area contributed by atoms with Crippen LogP contribution < -0.4 is 5.46 Å². The van der Waals surface area contributed by atoms with E-state index in [1.165, 1.54) is 0 Å². The van der Waals surface area contributed by atoms with E-state index in [-0.39, 0.29) is 11.2 Å². The van der Waals surface area contributed by atoms with E-state index >= 15 is 0 Å². The van der Waals surface area contributed by atoms with Gasteiger partial charge in [-0.3, -0.25) is 4.98 Å². The highest BCUT2D eigenvalue weighted by atomic mass is 16.7. The van der Waals surface area contributed by atoms with Crippen molar-refractivity contribution in [2.24, 2.45) is 0 Å². The van der Waals surface area contributed by atoms with E-state index in [1.807, 2.05) is 70.3 Å². The summed E-state index contributed by atoms with van der Waals surface area (Å²) in [7, 11) is -0.412. The molecule has 0 saturated carbocycles. The van der Waals surface area contributed by atoms with Crippen molar-refractivity contribution >= 4 is 34.7 Å². The Morgan fingerprint density at radius 3 is 2.29 bits per heavy atom. The summed E-state index contributed by atoms with van der Waals surface area (Å²) in [5.41, 5.74) is 3.44. The molecular weight excluding hydrogens is 351 g/mol. The third-order valence-corrected chi connectivity index (χ3v) is 5.84. The number of rotatable bonds is 2. The van der Waals surface area contributed by atoms with Crippen LogP contribution in [0.5, 0.6) is 0 Å². The van der Waals surface area contributed by atoms with Crippen LogP contribution in [0.4, 0.5) is 0 Å². The van der Waals surface area contributed by atoms with E-state index in [2.05, 4.69) is 16.0 Å². The highest BCUT2D eigenvalue weighted by Crippen LogP contribution is 2.36. The van der Waals surface area contributed by atoms with Crippen molar-refractivity contribution in [1.29, 1.82) is 0 Å². The SMILES string of the molecule is CC1(C)OB(c2ccc(-c3cnc4oc5ccccc5c4c3)nc2)OC1(C)C. The zero-order valence-corrected chi connectivity index (χ0v) is 16.4. The third-order valence-electron chi connectivity index (χ3n) is 5.84. The van der Waals surface area contributed by atoms with Gasteiger partial charge in [-0.15, -0.1) is 0 Å². The third kappa shape index (κ3) is 2.64. The molecule has 0 amide bonds. The van der Waals surface area contributed by atoms with Crippen molar-refractivity contribution in [3.05, 3.63) is 54.9 Å². The first kappa shape index (κ1) is 17.4. The molecule has 1 aliphatic heterocycles. The number of para-hydroxylation sites is 1. The quantitative estimate of drug-likeness (QED) is 0.490. The maximum absolute atomic E-state index is 6.10. The summed E-state index contributed by atoms with van der Waals surface area (Å²) >= 11 is 0. The van der Waals surface area contributed by atoms with Gasteiger partial charge in [0.25, 0.3) is 0 Å². The molecule has 1 aromatic carbocycles. The average molecular weight is 372 g/mol. The standard InChI is InChI=1S/C22H21BN2O3/c1-21(2)22(3,4)28-23(27-21)15-9-10-18(24-13-15)14-11-17-16-7-5-6-8-19(16)26-20(17)25-12-14/h5-13H,1-4H3. The Kier molecular flexibility index (Phi) is 3.67. The normalized spacial score (nSPS) is 18.2. The van der Waals surface area contributed by atoms with Crippen LogP contribution in [0.25, 0.3) is 33.3 Å². The Labute approximate surface area is 163 Å². The molecular formula is C22H21BN2O3. The molecule has 0 radical (unpaired) electrons. The van der Waals surface area contributed by atoms with Crippen molar-refractivity contribution in [2.75, 3.05) is 0 Å². The summed E-state index contributed by atoms with van der Waals surface area (Å²) in [4.78, 5) is 9.11. The summed E-state index contributed by atoms with van der Waals surface area (Å²) in [6.45, 7) is 8.19. The van der Waals surface area contributed by atoms with E-state index in [4.69, 9.17) is 13.7 Å². The van der Waals surface area contributed by atoms with Crippen molar-refractivity contribution in [2.45, 2.75) is 38.9 Å². The fourth-order valence-corrected chi connectivity index (χ4v) is 3.44. The lowest BCUT2D eigenvalue weighted by Gasteiger charge is -2.32. The van der Waals surface area contributed by atoms with Crippen LogP contribution in [0.2, 0.25) is 0 Å². The first-order valence-corrected chi connectivity index (χ1v) is 9.43. The predicted molar refractivity (Wildman–Crippen MR) is 110 cm³/mol. The van der Waals surface area contributed by atoms with Gasteiger partial charge in [0.15, 0.2) is 0 Å². The molecule has 5 rings (SSSR count). The number of hydrogen-bond donors (Lipinski definition) is 0. The van der Waals surface area contributed by atoms with Gasteiger partial charge < -0.3 is 13.7 Å². The molecule has 0 N–H and O–H groups in total. The molecule has 3 aromatic heterocycles. The van der Waals surface area contributed by atoms with E-state index < -0.39 is 7.12 Å². The molecule has 1 saturated heterocycles. The topological polar surface area (TPSA) is 57.4 Å². The molecule has 0 unspecified atom stereocenters. The Bertz CT molecular complexity index is 1170. The summed E-state index contributed by atoms with van der Waals surface area (Å²) in [5.74, 6) is 0.